The summed E-state index contributed by atoms with van der Waals surface area (Å²) in [7, 11) is 0. The van der Waals surface area contributed by atoms with E-state index in [0.29, 0.717) is 11.0 Å². The lowest BCUT2D eigenvalue weighted by Crippen LogP contribution is -2.49. The standard InChI is InChI=1S/C13H26N2/c1-3-13(7-4-8-13)11-14-10-12(2)6-5-9-15-12/h14-15H,3-11H2,1-2H3. The van der Waals surface area contributed by atoms with E-state index < -0.39 is 0 Å². The Bertz CT molecular complexity index is 195. The predicted octanol–water partition coefficient (Wildman–Crippen LogP) is 2.30. The number of hydrogen-bond donors (Lipinski definition) is 2. The molecule has 2 nitrogen and oxygen atoms in total. The van der Waals surface area contributed by atoms with Gasteiger partial charge in [-0.3, -0.25) is 0 Å². The molecule has 0 aromatic carbocycles. The van der Waals surface area contributed by atoms with Crippen LogP contribution in [-0.4, -0.2) is 25.2 Å². The van der Waals surface area contributed by atoms with Crippen molar-refractivity contribution in [3.05, 3.63) is 0 Å². The van der Waals surface area contributed by atoms with Crippen LogP contribution in [0.5, 0.6) is 0 Å². The summed E-state index contributed by atoms with van der Waals surface area (Å²) in [4.78, 5) is 0. The molecule has 0 aromatic heterocycles. The molecule has 1 heterocycles. The molecule has 0 radical (unpaired) electrons. The predicted molar refractivity (Wildman–Crippen MR) is 65.1 cm³/mol. The Hall–Kier alpha value is -0.0800. The van der Waals surface area contributed by atoms with Crippen molar-refractivity contribution in [2.45, 2.75) is 57.9 Å². The fourth-order valence-corrected chi connectivity index (χ4v) is 3.04. The van der Waals surface area contributed by atoms with E-state index >= 15 is 0 Å². The highest BCUT2D eigenvalue weighted by atomic mass is 15.1. The molecule has 2 N–H and O–H groups in total. The van der Waals surface area contributed by atoms with Crippen molar-refractivity contribution in [2.75, 3.05) is 19.6 Å². The van der Waals surface area contributed by atoms with E-state index in [1.807, 2.05) is 0 Å². The van der Waals surface area contributed by atoms with Gasteiger partial charge in [0.2, 0.25) is 0 Å². The minimum Gasteiger partial charge on any atom is -0.314 e. The van der Waals surface area contributed by atoms with Crippen LogP contribution >= 0.6 is 0 Å². The second-order valence-corrected chi connectivity index (χ2v) is 5.90. The average Bonchev–Trinajstić information content (AvgIpc) is 2.58. The van der Waals surface area contributed by atoms with Gasteiger partial charge >= 0.3 is 0 Å². The molecule has 0 spiro atoms. The van der Waals surface area contributed by atoms with Gasteiger partial charge in [-0.2, -0.15) is 0 Å². The molecule has 88 valence electrons. The van der Waals surface area contributed by atoms with Crippen molar-refractivity contribution in [3.8, 4) is 0 Å². The summed E-state index contributed by atoms with van der Waals surface area (Å²) < 4.78 is 0. The van der Waals surface area contributed by atoms with E-state index in [1.165, 1.54) is 51.6 Å². The summed E-state index contributed by atoms with van der Waals surface area (Å²) in [6, 6.07) is 0. The Morgan fingerprint density at radius 3 is 2.40 bits per heavy atom. The maximum absolute atomic E-state index is 3.70. The van der Waals surface area contributed by atoms with Crippen molar-refractivity contribution in [1.82, 2.24) is 10.6 Å². The SMILES string of the molecule is CCC1(CNCC2(C)CCCN2)CCC1. The van der Waals surface area contributed by atoms with Crippen molar-refractivity contribution in [2.24, 2.45) is 5.41 Å². The topological polar surface area (TPSA) is 24.1 Å². The molecular formula is C13H26N2. The molecular weight excluding hydrogens is 184 g/mol. The van der Waals surface area contributed by atoms with Crippen molar-refractivity contribution in [1.29, 1.82) is 0 Å². The monoisotopic (exact) mass is 210 g/mol. The fraction of sp³-hybridized carbons (Fsp3) is 1.00. The van der Waals surface area contributed by atoms with E-state index in [0.717, 1.165) is 6.54 Å². The molecule has 1 aliphatic heterocycles. The van der Waals surface area contributed by atoms with E-state index in [-0.39, 0.29) is 0 Å². The molecule has 0 bridgehead atoms. The summed E-state index contributed by atoms with van der Waals surface area (Å²) in [6.45, 7) is 8.29. The second kappa shape index (κ2) is 4.42. The Morgan fingerprint density at radius 1 is 1.13 bits per heavy atom. The Morgan fingerprint density at radius 2 is 1.93 bits per heavy atom. The molecule has 1 atom stereocenters. The van der Waals surface area contributed by atoms with Gasteiger partial charge in [0.25, 0.3) is 0 Å². The van der Waals surface area contributed by atoms with Gasteiger partial charge in [0.05, 0.1) is 0 Å². The smallest absolute Gasteiger partial charge is 0.0278 e. The van der Waals surface area contributed by atoms with Crippen LogP contribution in [0.4, 0.5) is 0 Å². The first kappa shape index (κ1) is 11.4. The highest BCUT2D eigenvalue weighted by molar-refractivity contribution is 4.93. The zero-order valence-corrected chi connectivity index (χ0v) is 10.4. The first-order valence-corrected chi connectivity index (χ1v) is 6.64. The largest absolute Gasteiger partial charge is 0.314 e. The molecule has 15 heavy (non-hydrogen) atoms. The first-order chi connectivity index (χ1) is 7.18. The first-order valence-electron chi connectivity index (χ1n) is 6.64. The van der Waals surface area contributed by atoms with Gasteiger partial charge in [0.1, 0.15) is 0 Å². The van der Waals surface area contributed by atoms with Crippen LogP contribution in [0.25, 0.3) is 0 Å². The number of nitrogens with one attached hydrogen (secondary N) is 2. The maximum Gasteiger partial charge on any atom is 0.0278 e. The fourth-order valence-electron chi connectivity index (χ4n) is 3.04. The van der Waals surface area contributed by atoms with Crippen LogP contribution in [0.3, 0.4) is 0 Å². The van der Waals surface area contributed by atoms with Crippen LogP contribution in [0.15, 0.2) is 0 Å². The maximum atomic E-state index is 3.70. The van der Waals surface area contributed by atoms with Gasteiger partial charge in [-0.05, 0) is 51.0 Å². The van der Waals surface area contributed by atoms with Gasteiger partial charge in [-0.1, -0.05) is 13.3 Å². The minimum absolute atomic E-state index is 0.374. The Balaban J connectivity index is 1.69. The summed E-state index contributed by atoms with van der Waals surface area (Å²) in [5, 5.41) is 7.31. The Kier molecular flexibility index (Phi) is 3.36. The van der Waals surface area contributed by atoms with Gasteiger partial charge in [0.15, 0.2) is 0 Å². The average molecular weight is 210 g/mol. The van der Waals surface area contributed by atoms with Crippen LogP contribution in [0, 0.1) is 5.41 Å². The molecule has 2 fully saturated rings. The second-order valence-electron chi connectivity index (χ2n) is 5.90. The molecule has 1 saturated carbocycles. The van der Waals surface area contributed by atoms with Crippen molar-refractivity contribution >= 4 is 0 Å². The molecule has 0 aromatic rings. The van der Waals surface area contributed by atoms with Gasteiger partial charge in [0, 0.05) is 18.6 Å². The number of rotatable bonds is 5. The highest BCUT2D eigenvalue weighted by Crippen LogP contribution is 2.43. The van der Waals surface area contributed by atoms with Gasteiger partial charge in [-0.25, -0.2) is 0 Å². The van der Waals surface area contributed by atoms with E-state index in [1.54, 1.807) is 0 Å². The quantitative estimate of drug-likeness (QED) is 0.727. The van der Waals surface area contributed by atoms with Crippen LogP contribution in [0.2, 0.25) is 0 Å². The van der Waals surface area contributed by atoms with Gasteiger partial charge in [-0.15, -0.1) is 0 Å². The lowest BCUT2D eigenvalue weighted by molar-refractivity contribution is 0.121. The summed E-state index contributed by atoms with van der Waals surface area (Å²) in [5.74, 6) is 0. The van der Waals surface area contributed by atoms with Crippen LogP contribution in [0.1, 0.15) is 52.4 Å². The Labute approximate surface area is 94.2 Å². The third kappa shape index (κ3) is 2.54. The van der Waals surface area contributed by atoms with Crippen LogP contribution < -0.4 is 10.6 Å². The van der Waals surface area contributed by atoms with Crippen molar-refractivity contribution in [3.63, 3.8) is 0 Å². The van der Waals surface area contributed by atoms with E-state index in [2.05, 4.69) is 24.5 Å². The lowest BCUT2D eigenvalue weighted by atomic mass is 9.67. The van der Waals surface area contributed by atoms with E-state index in [4.69, 9.17) is 0 Å². The summed E-state index contributed by atoms with van der Waals surface area (Å²) >= 11 is 0. The molecule has 2 heteroatoms. The third-order valence-corrected chi connectivity index (χ3v) is 4.64. The third-order valence-electron chi connectivity index (χ3n) is 4.64. The number of hydrogen-bond acceptors (Lipinski definition) is 2. The van der Waals surface area contributed by atoms with Crippen LogP contribution in [-0.2, 0) is 0 Å². The lowest BCUT2D eigenvalue weighted by Gasteiger charge is -2.42. The van der Waals surface area contributed by atoms with Gasteiger partial charge < -0.3 is 10.6 Å². The molecule has 2 rings (SSSR count). The normalized spacial score (nSPS) is 34.0. The molecule has 1 saturated heterocycles. The summed E-state index contributed by atoms with van der Waals surface area (Å²) in [6.07, 6.45) is 8.37. The zero-order chi connectivity index (χ0) is 10.8. The summed E-state index contributed by atoms with van der Waals surface area (Å²) in [5.41, 5.74) is 1.04. The molecule has 1 unspecified atom stereocenters. The highest BCUT2D eigenvalue weighted by Gasteiger charge is 2.35. The molecule has 2 aliphatic rings. The zero-order valence-electron chi connectivity index (χ0n) is 10.4. The van der Waals surface area contributed by atoms with Crippen molar-refractivity contribution < 1.29 is 0 Å². The van der Waals surface area contributed by atoms with E-state index in [9.17, 15) is 0 Å². The minimum atomic E-state index is 0.374. The molecule has 0 amide bonds. The molecule has 1 aliphatic carbocycles.